The fourth-order valence-corrected chi connectivity index (χ4v) is 6.83. The standard InChI is InChI=1S/C39H51N3O9S/c1-28(43)49-23-10-24-52(47,48)41-37(45)34-19-18-31(25-36(34)50-33-12-7-5-6-8-13-33)30-16-14-29(15-17-30)20-22-42(38(46)51-39(2,3)4)27-35(44)32-11-9-21-40-26-32/h9,11,14-19,21,25-26,33,35,44H,5-8,10,12-13,20,22-24,27H2,1-4H3,(H,41,45)/t35-/m1/s1. The van der Waals surface area contributed by atoms with Crippen molar-refractivity contribution in [3.63, 3.8) is 0 Å². The third-order valence-corrected chi connectivity index (χ3v) is 9.83. The molecule has 1 aliphatic carbocycles. The van der Waals surface area contributed by atoms with E-state index < -0.39 is 39.7 Å². The van der Waals surface area contributed by atoms with E-state index in [1.807, 2.05) is 24.3 Å². The Bertz CT molecular complexity index is 1730. The van der Waals surface area contributed by atoms with Gasteiger partial charge in [-0.25, -0.2) is 17.9 Å². The van der Waals surface area contributed by atoms with Crippen LogP contribution in [0.3, 0.4) is 0 Å². The molecule has 1 atom stereocenters. The van der Waals surface area contributed by atoms with Gasteiger partial charge in [0.2, 0.25) is 10.0 Å². The molecule has 0 aliphatic heterocycles. The fourth-order valence-electron chi connectivity index (χ4n) is 5.84. The maximum absolute atomic E-state index is 13.3. The molecule has 4 rings (SSSR count). The number of aliphatic hydroxyl groups is 1. The lowest BCUT2D eigenvalue weighted by Gasteiger charge is -2.29. The Kier molecular flexibility index (Phi) is 14.6. The second-order valence-electron chi connectivity index (χ2n) is 14.1. The molecule has 13 heteroatoms. The molecule has 3 aromatic rings. The zero-order chi connectivity index (χ0) is 37.7. The normalized spacial score (nSPS) is 14.5. The van der Waals surface area contributed by atoms with Gasteiger partial charge in [-0.05, 0) is 94.2 Å². The number of aromatic nitrogens is 1. The van der Waals surface area contributed by atoms with Gasteiger partial charge in [-0.15, -0.1) is 0 Å². The SMILES string of the molecule is CC(=O)OCCCS(=O)(=O)NC(=O)c1ccc(-c2ccc(CCN(C[C@@H](O)c3cccnc3)C(=O)OC(C)(C)C)cc2)cc1OC1CCCCCC1. The monoisotopic (exact) mass is 737 g/mol. The summed E-state index contributed by atoms with van der Waals surface area (Å²) in [6.07, 6.45) is 8.13. The van der Waals surface area contributed by atoms with Crippen molar-refractivity contribution in [2.45, 2.75) is 96.9 Å². The molecule has 52 heavy (non-hydrogen) atoms. The van der Waals surface area contributed by atoms with Gasteiger partial charge in [-0.2, -0.15) is 0 Å². The lowest BCUT2D eigenvalue weighted by Crippen LogP contribution is -2.40. The zero-order valence-electron chi connectivity index (χ0n) is 30.5. The van der Waals surface area contributed by atoms with Crippen molar-refractivity contribution in [3.05, 3.63) is 83.7 Å². The Morgan fingerprint density at radius 2 is 1.69 bits per heavy atom. The lowest BCUT2D eigenvalue weighted by atomic mass is 10.0. The number of rotatable bonds is 15. The number of pyridine rings is 1. The summed E-state index contributed by atoms with van der Waals surface area (Å²) >= 11 is 0. The Balaban J connectivity index is 1.50. The summed E-state index contributed by atoms with van der Waals surface area (Å²) < 4.78 is 44.4. The summed E-state index contributed by atoms with van der Waals surface area (Å²) in [5, 5.41) is 10.8. The molecule has 0 saturated heterocycles. The van der Waals surface area contributed by atoms with Crippen LogP contribution in [0.1, 0.15) is 100 Å². The highest BCUT2D eigenvalue weighted by Gasteiger charge is 2.26. The number of sulfonamides is 1. The van der Waals surface area contributed by atoms with E-state index in [9.17, 15) is 27.9 Å². The molecule has 0 spiro atoms. The van der Waals surface area contributed by atoms with Gasteiger partial charge in [0, 0.05) is 31.4 Å². The van der Waals surface area contributed by atoms with E-state index >= 15 is 0 Å². The van der Waals surface area contributed by atoms with E-state index in [-0.39, 0.29) is 37.0 Å². The number of amides is 2. The molecular formula is C39H51N3O9S. The number of aliphatic hydroxyl groups excluding tert-OH is 1. The van der Waals surface area contributed by atoms with Crippen molar-refractivity contribution in [1.29, 1.82) is 0 Å². The number of esters is 1. The smallest absolute Gasteiger partial charge is 0.410 e. The van der Waals surface area contributed by atoms with Gasteiger partial charge in [-0.1, -0.05) is 49.2 Å². The van der Waals surface area contributed by atoms with Crippen LogP contribution in [0.15, 0.2) is 67.0 Å². The minimum Gasteiger partial charge on any atom is -0.490 e. The average molecular weight is 738 g/mol. The maximum Gasteiger partial charge on any atom is 0.410 e. The molecule has 0 radical (unpaired) electrons. The zero-order valence-corrected chi connectivity index (χ0v) is 31.3. The maximum atomic E-state index is 13.3. The van der Waals surface area contributed by atoms with Crippen molar-refractivity contribution in [2.75, 3.05) is 25.4 Å². The summed E-state index contributed by atoms with van der Waals surface area (Å²) in [5.41, 5.74) is 2.61. The quantitative estimate of drug-likeness (QED) is 0.102. The molecule has 2 amide bonds. The number of ether oxygens (including phenoxy) is 3. The highest BCUT2D eigenvalue weighted by atomic mass is 32.2. The van der Waals surface area contributed by atoms with Gasteiger partial charge in [0.25, 0.3) is 5.91 Å². The third-order valence-electron chi connectivity index (χ3n) is 8.50. The van der Waals surface area contributed by atoms with Crippen LogP contribution in [0.5, 0.6) is 5.75 Å². The van der Waals surface area contributed by atoms with E-state index in [2.05, 4.69) is 9.71 Å². The Morgan fingerprint density at radius 1 is 1.00 bits per heavy atom. The molecule has 0 bridgehead atoms. The first-order valence-electron chi connectivity index (χ1n) is 17.8. The number of nitrogens with zero attached hydrogens (tertiary/aromatic N) is 2. The van der Waals surface area contributed by atoms with Crippen molar-refractivity contribution >= 4 is 28.0 Å². The predicted molar refractivity (Wildman–Crippen MR) is 197 cm³/mol. The molecule has 1 saturated carbocycles. The van der Waals surface area contributed by atoms with Crippen LogP contribution < -0.4 is 9.46 Å². The highest BCUT2D eigenvalue weighted by molar-refractivity contribution is 7.90. The predicted octanol–water partition coefficient (Wildman–Crippen LogP) is 6.38. The fraction of sp³-hybridized carbons (Fsp3) is 0.487. The van der Waals surface area contributed by atoms with Crippen LogP contribution in [0.4, 0.5) is 4.79 Å². The highest BCUT2D eigenvalue weighted by Crippen LogP contribution is 2.31. The Hall–Kier alpha value is -4.49. The Morgan fingerprint density at radius 3 is 2.33 bits per heavy atom. The van der Waals surface area contributed by atoms with E-state index in [1.165, 1.54) is 11.8 Å². The van der Waals surface area contributed by atoms with Gasteiger partial charge < -0.3 is 24.2 Å². The van der Waals surface area contributed by atoms with Crippen LogP contribution in [-0.4, -0.2) is 78.5 Å². The van der Waals surface area contributed by atoms with Gasteiger partial charge in [-0.3, -0.25) is 14.6 Å². The van der Waals surface area contributed by atoms with Gasteiger partial charge >= 0.3 is 12.1 Å². The molecule has 1 heterocycles. The number of hydrogen-bond donors (Lipinski definition) is 2. The third kappa shape index (κ3) is 13.2. The number of carbonyl (C=O) groups is 3. The number of nitrogens with one attached hydrogen (secondary N) is 1. The van der Waals surface area contributed by atoms with Gasteiger partial charge in [0.1, 0.15) is 11.4 Å². The summed E-state index contributed by atoms with van der Waals surface area (Å²) in [6, 6.07) is 16.4. The van der Waals surface area contributed by atoms with Crippen LogP contribution in [0.25, 0.3) is 11.1 Å². The second kappa shape index (κ2) is 18.8. The molecule has 0 unspecified atom stereocenters. The molecule has 282 valence electrons. The molecule has 12 nitrogen and oxygen atoms in total. The van der Waals surface area contributed by atoms with E-state index in [1.54, 1.807) is 63.5 Å². The van der Waals surface area contributed by atoms with Crippen LogP contribution in [0.2, 0.25) is 0 Å². The summed E-state index contributed by atoms with van der Waals surface area (Å²) in [6.45, 7) is 6.91. The first kappa shape index (κ1) is 40.3. The van der Waals surface area contributed by atoms with Crippen LogP contribution >= 0.6 is 0 Å². The molecule has 1 fully saturated rings. The first-order valence-corrected chi connectivity index (χ1v) is 19.5. The largest absolute Gasteiger partial charge is 0.490 e. The van der Waals surface area contributed by atoms with Crippen molar-refractivity contribution in [1.82, 2.24) is 14.6 Å². The summed E-state index contributed by atoms with van der Waals surface area (Å²) in [5.74, 6) is -1.37. The number of benzene rings is 2. The molecule has 2 N–H and O–H groups in total. The number of hydrogen-bond acceptors (Lipinski definition) is 10. The van der Waals surface area contributed by atoms with Crippen molar-refractivity contribution in [3.8, 4) is 16.9 Å². The van der Waals surface area contributed by atoms with E-state index in [0.717, 1.165) is 55.2 Å². The van der Waals surface area contributed by atoms with Crippen LogP contribution in [0, 0.1) is 0 Å². The first-order chi connectivity index (χ1) is 24.7. The molecule has 1 aromatic heterocycles. The average Bonchev–Trinajstić information content (AvgIpc) is 3.36. The molecule has 1 aliphatic rings. The van der Waals surface area contributed by atoms with Gasteiger partial charge in [0.15, 0.2) is 0 Å². The Labute approximate surface area is 306 Å². The van der Waals surface area contributed by atoms with E-state index in [4.69, 9.17) is 14.2 Å². The van der Waals surface area contributed by atoms with Crippen molar-refractivity contribution < 1.29 is 42.1 Å². The minimum atomic E-state index is -3.99. The van der Waals surface area contributed by atoms with Crippen molar-refractivity contribution in [2.24, 2.45) is 0 Å². The van der Waals surface area contributed by atoms with Gasteiger partial charge in [0.05, 0.1) is 36.7 Å². The minimum absolute atomic E-state index is 0.0397. The molecular weight excluding hydrogens is 687 g/mol. The topological polar surface area (TPSA) is 161 Å². The second-order valence-corrected chi connectivity index (χ2v) is 15.9. The van der Waals surface area contributed by atoms with Crippen LogP contribution in [-0.2, 0) is 30.7 Å². The summed E-state index contributed by atoms with van der Waals surface area (Å²) in [4.78, 5) is 43.0. The molecule has 2 aromatic carbocycles. The summed E-state index contributed by atoms with van der Waals surface area (Å²) in [7, 11) is -3.99. The number of carbonyl (C=O) groups excluding carboxylic acids is 3. The van der Waals surface area contributed by atoms with E-state index in [0.29, 0.717) is 24.3 Å². The lowest BCUT2D eigenvalue weighted by molar-refractivity contribution is -0.140.